The first-order chi connectivity index (χ1) is 21.4. The number of carboxylic acids is 2. The highest BCUT2D eigenvalue weighted by atomic mass is 32.2. The molecule has 0 aliphatic carbocycles. The molecule has 2 unspecified atom stereocenters. The highest BCUT2D eigenvalue weighted by molar-refractivity contribution is 8.00. The summed E-state index contributed by atoms with van der Waals surface area (Å²) in [5, 5.41) is 21.0. The van der Waals surface area contributed by atoms with Gasteiger partial charge >= 0.3 is 18.0 Å². The number of amides is 2. The summed E-state index contributed by atoms with van der Waals surface area (Å²) in [5.41, 5.74) is -2.36. The summed E-state index contributed by atoms with van der Waals surface area (Å²) in [5.74, 6) is -6.20. The van der Waals surface area contributed by atoms with E-state index in [1.807, 2.05) is 0 Å². The first-order valence-electron chi connectivity index (χ1n) is 13.4. The van der Waals surface area contributed by atoms with Gasteiger partial charge in [0.2, 0.25) is 11.3 Å². The van der Waals surface area contributed by atoms with Crippen molar-refractivity contribution in [1.82, 2.24) is 19.8 Å². The van der Waals surface area contributed by atoms with Crippen molar-refractivity contribution >= 4 is 52.6 Å². The maximum Gasteiger partial charge on any atom is 0.407 e. The number of aromatic carboxylic acids is 1. The number of halogens is 3. The van der Waals surface area contributed by atoms with E-state index in [9.17, 15) is 43.0 Å². The van der Waals surface area contributed by atoms with Crippen LogP contribution in [0.25, 0.3) is 16.7 Å². The number of aromatic nitrogens is 2. The number of benzene rings is 1. The number of pyridine rings is 2. The maximum absolute atomic E-state index is 15.3. The fourth-order valence-electron chi connectivity index (χ4n) is 5.47. The molecule has 2 atom stereocenters. The SMILES string of the molecule is O=C(NC1CCN(c2nc3c(cc2F)c(=O)c(C(=O)O)cn3-c2ccc(F)cc2F)C1)OCC1=C(C(=O)O)N2C(=O)CC2SC1. The number of hydrogen-bond donors (Lipinski definition) is 3. The molecule has 3 N–H and O–H groups in total. The standard InChI is InChI=1S/C28H22F3N5O8S/c29-13-1-2-19(17(30)5-13)35-9-16(26(39)40)23(38)15-6-18(31)25(33-24(15)35)34-4-3-14(8-34)32-28(43)44-10-12-11-45-21-7-20(37)36(21)22(12)27(41)42/h1-2,5-6,9,14,21H,3-4,7-8,10-11H2,(H,32,43)(H,39,40)(H,41,42). The van der Waals surface area contributed by atoms with E-state index >= 15 is 4.39 Å². The van der Waals surface area contributed by atoms with Gasteiger partial charge in [0.25, 0.3) is 0 Å². The Balaban J connectivity index is 1.22. The highest BCUT2D eigenvalue weighted by Gasteiger charge is 2.45. The van der Waals surface area contributed by atoms with Crippen LogP contribution >= 0.6 is 11.8 Å². The molecule has 3 aliphatic rings. The van der Waals surface area contributed by atoms with Crippen LogP contribution in [-0.2, 0) is 14.3 Å². The molecule has 17 heteroatoms. The second-order valence-corrected chi connectivity index (χ2v) is 11.6. The van der Waals surface area contributed by atoms with Gasteiger partial charge in [-0.3, -0.25) is 19.1 Å². The number of fused-ring (bicyclic) bond motifs is 2. The van der Waals surface area contributed by atoms with Crippen molar-refractivity contribution in [2.75, 3.05) is 30.3 Å². The zero-order valence-electron chi connectivity index (χ0n) is 23.0. The van der Waals surface area contributed by atoms with Crippen LogP contribution in [0.3, 0.4) is 0 Å². The Kier molecular flexibility index (Phi) is 7.64. The van der Waals surface area contributed by atoms with Crippen LogP contribution in [0.1, 0.15) is 23.2 Å². The van der Waals surface area contributed by atoms with Gasteiger partial charge in [-0.15, -0.1) is 11.8 Å². The molecule has 45 heavy (non-hydrogen) atoms. The van der Waals surface area contributed by atoms with Gasteiger partial charge in [0, 0.05) is 36.7 Å². The normalized spacial score (nSPS) is 19.4. The fraction of sp³-hybridized carbons (Fsp3) is 0.286. The lowest BCUT2D eigenvalue weighted by Crippen LogP contribution is -2.54. The van der Waals surface area contributed by atoms with E-state index in [0.29, 0.717) is 12.5 Å². The Hall–Kier alpha value is -5.06. The number of alkyl carbamates (subject to hydrolysis) is 1. The van der Waals surface area contributed by atoms with Crippen molar-refractivity contribution in [3.8, 4) is 5.69 Å². The van der Waals surface area contributed by atoms with Crippen LogP contribution in [0.2, 0.25) is 0 Å². The van der Waals surface area contributed by atoms with E-state index in [2.05, 4.69) is 10.3 Å². The van der Waals surface area contributed by atoms with Gasteiger partial charge in [-0.1, -0.05) is 0 Å². The number of β-lactam (4-membered cyclic amide) rings is 1. The molecule has 1 aromatic carbocycles. The van der Waals surface area contributed by atoms with Gasteiger partial charge in [-0.05, 0) is 24.6 Å². The van der Waals surface area contributed by atoms with Crippen molar-refractivity contribution in [1.29, 1.82) is 0 Å². The molecule has 5 heterocycles. The molecular formula is C28H22F3N5O8S. The lowest BCUT2D eigenvalue weighted by molar-refractivity contribution is -0.146. The van der Waals surface area contributed by atoms with Crippen LogP contribution in [0.15, 0.2) is 46.5 Å². The number of hydrogen-bond acceptors (Lipinski definition) is 9. The quantitative estimate of drug-likeness (QED) is 0.323. The first kappa shape index (κ1) is 30.0. The van der Waals surface area contributed by atoms with Crippen LogP contribution in [-0.4, -0.2) is 85.5 Å². The minimum absolute atomic E-state index is 0.0375. The maximum atomic E-state index is 15.3. The molecule has 0 bridgehead atoms. The molecule has 0 radical (unpaired) electrons. The summed E-state index contributed by atoms with van der Waals surface area (Å²) in [6, 6.07) is 2.75. The molecule has 3 aromatic rings. The minimum atomic E-state index is -1.64. The molecule has 6 rings (SSSR count). The van der Waals surface area contributed by atoms with Crippen LogP contribution in [0.4, 0.5) is 23.8 Å². The predicted octanol–water partition coefficient (Wildman–Crippen LogP) is 2.45. The number of nitrogens with zero attached hydrogens (tertiary/aromatic N) is 4. The van der Waals surface area contributed by atoms with Crippen LogP contribution in [0.5, 0.6) is 0 Å². The summed E-state index contributed by atoms with van der Waals surface area (Å²) < 4.78 is 49.9. The van der Waals surface area contributed by atoms with Gasteiger partial charge < -0.3 is 25.2 Å². The largest absolute Gasteiger partial charge is 0.477 e. The molecule has 234 valence electrons. The number of nitrogens with one attached hydrogen (secondary N) is 1. The number of ether oxygens (including phenoxy) is 1. The average Bonchev–Trinajstić information content (AvgIpc) is 3.43. The molecule has 0 spiro atoms. The number of rotatable bonds is 7. The third-order valence-corrected chi connectivity index (χ3v) is 8.91. The molecule has 2 fully saturated rings. The molecular weight excluding hydrogens is 623 g/mol. The van der Waals surface area contributed by atoms with Crippen molar-refractivity contribution < 1.29 is 47.3 Å². The second-order valence-electron chi connectivity index (χ2n) is 10.5. The predicted molar refractivity (Wildman–Crippen MR) is 152 cm³/mol. The van der Waals surface area contributed by atoms with E-state index in [1.165, 1.54) is 21.6 Å². The summed E-state index contributed by atoms with van der Waals surface area (Å²) in [6.45, 7) is -0.133. The summed E-state index contributed by atoms with van der Waals surface area (Å²) in [7, 11) is 0. The Labute approximate surface area is 254 Å². The Morgan fingerprint density at radius 1 is 1.09 bits per heavy atom. The van der Waals surface area contributed by atoms with Gasteiger partial charge in [-0.25, -0.2) is 32.5 Å². The van der Waals surface area contributed by atoms with Gasteiger partial charge in [0.15, 0.2) is 17.3 Å². The third-order valence-electron chi connectivity index (χ3n) is 7.63. The van der Waals surface area contributed by atoms with Gasteiger partial charge in [0.05, 0.1) is 28.9 Å². The van der Waals surface area contributed by atoms with Crippen LogP contribution in [0, 0.1) is 17.5 Å². The smallest absolute Gasteiger partial charge is 0.407 e. The molecule has 13 nitrogen and oxygen atoms in total. The number of anilines is 1. The number of thioether (sulfide) groups is 1. The Morgan fingerprint density at radius 2 is 1.87 bits per heavy atom. The fourth-order valence-corrected chi connectivity index (χ4v) is 6.72. The monoisotopic (exact) mass is 645 g/mol. The van der Waals surface area contributed by atoms with Gasteiger partial charge in [0.1, 0.15) is 29.5 Å². The number of carbonyl (C=O) groups excluding carboxylic acids is 2. The van der Waals surface area contributed by atoms with Crippen molar-refractivity contribution in [3.63, 3.8) is 0 Å². The third kappa shape index (κ3) is 5.43. The van der Waals surface area contributed by atoms with Crippen molar-refractivity contribution in [2.24, 2.45) is 0 Å². The molecule has 2 aromatic heterocycles. The van der Waals surface area contributed by atoms with Gasteiger partial charge in [-0.2, -0.15) is 0 Å². The van der Waals surface area contributed by atoms with E-state index in [-0.39, 0.29) is 71.6 Å². The second kappa shape index (κ2) is 11.5. The molecule has 2 amide bonds. The lowest BCUT2D eigenvalue weighted by atomic mass is 10.1. The first-order valence-corrected chi connectivity index (χ1v) is 14.5. The molecule has 3 aliphatic heterocycles. The zero-order valence-corrected chi connectivity index (χ0v) is 23.8. The molecule has 0 saturated carbocycles. The number of carbonyl (C=O) groups is 4. The summed E-state index contributed by atoms with van der Waals surface area (Å²) in [6.07, 6.45) is 0.519. The topological polar surface area (TPSA) is 171 Å². The van der Waals surface area contributed by atoms with Crippen molar-refractivity contribution in [2.45, 2.75) is 24.3 Å². The lowest BCUT2D eigenvalue weighted by Gasteiger charge is -2.43. The van der Waals surface area contributed by atoms with E-state index in [1.54, 1.807) is 0 Å². The van der Waals surface area contributed by atoms with E-state index < -0.39 is 57.9 Å². The Bertz CT molecular complexity index is 1900. The van der Waals surface area contributed by atoms with E-state index in [4.69, 9.17) is 4.74 Å². The average molecular weight is 646 g/mol. The van der Waals surface area contributed by atoms with Crippen LogP contribution < -0.4 is 15.6 Å². The van der Waals surface area contributed by atoms with Crippen molar-refractivity contribution in [3.05, 3.63) is 75.0 Å². The summed E-state index contributed by atoms with van der Waals surface area (Å²) in [4.78, 5) is 67.7. The highest BCUT2D eigenvalue weighted by Crippen LogP contribution is 2.40. The minimum Gasteiger partial charge on any atom is -0.477 e. The zero-order chi connectivity index (χ0) is 32.2. The van der Waals surface area contributed by atoms with E-state index in [0.717, 1.165) is 29.0 Å². The number of aliphatic carboxylic acids is 1. The summed E-state index contributed by atoms with van der Waals surface area (Å²) >= 11 is 1.37. The number of carboxylic acid groups (broad SMARTS) is 2. The Morgan fingerprint density at radius 3 is 2.56 bits per heavy atom. The molecule has 2 saturated heterocycles.